The molecule has 0 spiro atoms. The zero-order valence-electron chi connectivity index (χ0n) is 20.8. The Morgan fingerprint density at radius 3 is 2.66 bits per heavy atom. The number of nitrogens with one attached hydrogen (secondary N) is 2. The van der Waals surface area contributed by atoms with E-state index in [1.165, 1.54) is 20.3 Å². The minimum Gasteiger partial charge on any atom is -0.495 e. The number of nitrogens with zero attached hydrogens (tertiary/aromatic N) is 3. The van der Waals surface area contributed by atoms with Crippen LogP contribution in [0.2, 0.25) is 0 Å². The molecule has 2 atom stereocenters. The summed E-state index contributed by atoms with van der Waals surface area (Å²) in [5, 5.41) is 6.70. The molecule has 10 heteroatoms. The molecule has 38 heavy (non-hydrogen) atoms. The quantitative estimate of drug-likeness (QED) is 0.317. The third-order valence-electron chi connectivity index (χ3n) is 6.30. The lowest BCUT2D eigenvalue weighted by Gasteiger charge is -2.29. The number of aromatic nitrogens is 2. The summed E-state index contributed by atoms with van der Waals surface area (Å²) in [4.78, 5) is 18.8. The molecule has 1 saturated heterocycles. The van der Waals surface area contributed by atoms with Crippen LogP contribution in [-0.4, -0.2) is 41.4 Å². The fourth-order valence-corrected chi connectivity index (χ4v) is 5.04. The first-order valence-corrected chi connectivity index (χ1v) is 12.3. The predicted molar refractivity (Wildman–Crippen MR) is 147 cm³/mol. The second-order valence-corrected chi connectivity index (χ2v) is 9.00. The molecule has 3 heterocycles. The number of hydrogen-bond donors (Lipinski definition) is 2. The predicted octanol–water partition coefficient (Wildman–Crippen LogP) is 4.78. The van der Waals surface area contributed by atoms with Gasteiger partial charge in [-0.3, -0.25) is 9.78 Å². The summed E-state index contributed by atoms with van der Waals surface area (Å²) in [5.74, 6) is -0.169. The molecule has 0 aliphatic carbocycles. The molecule has 4 aromatic rings. The second kappa shape index (κ2) is 11.0. The van der Waals surface area contributed by atoms with Crippen molar-refractivity contribution in [2.24, 2.45) is 0 Å². The fraction of sp³-hybridized carbons (Fsp3) is 0.179. The Morgan fingerprint density at radius 2 is 1.92 bits per heavy atom. The topological polar surface area (TPSA) is 80.7 Å². The summed E-state index contributed by atoms with van der Waals surface area (Å²) in [6.45, 7) is -0.0996. The van der Waals surface area contributed by atoms with Gasteiger partial charge in [0.1, 0.15) is 24.2 Å². The van der Waals surface area contributed by atoms with Crippen LogP contribution in [0.4, 0.5) is 15.8 Å². The van der Waals surface area contributed by atoms with Crippen LogP contribution in [-0.2, 0) is 9.53 Å². The van der Waals surface area contributed by atoms with E-state index in [2.05, 4.69) is 15.6 Å². The first kappa shape index (κ1) is 25.4. The molecule has 1 aliphatic rings. The summed E-state index contributed by atoms with van der Waals surface area (Å²) in [5.41, 5.74) is 3.19. The number of amides is 1. The Morgan fingerprint density at radius 1 is 1.11 bits per heavy atom. The Hall–Kier alpha value is -4.28. The molecule has 0 saturated carbocycles. The summed E-state index contributed by atoms with van der Waals surface area (Å²) in [6.07, 6.45) is 3.56. The standard InChI is InChI=1S/C28H26FN5O3S/c1-36-17-25(35)31-21-16-18(12-13-24(21)37-2)34-27(26(32-28(34)38)20-9-5-6-14-30-20)23-11-7-15-33(23)22-10-4-3-8-19(22)29/h3-16,26-27H,17H2,1-2H3,(H,31,35)(H,32,38)/t26-,27+/m0/s1. The van der Waals surface area contributed by atoms with Crippen LogP contribution in [0.5, 0.6) is 5.75 Å². The molecule has 0 bridgehead atoms. The Kier molecular flexibility index (Phi) is 7.34. The normalized spacial score (nSPS) is 16.8. The van der Waals surface area contributed by atoms with Crippen molar-refractivity contribution < 1.29 is 18.7 Å². The second-order valence-electron chi connectivity index (χ2n) is 8.62. The maximum Gasteiger partial charge on any atom is 0.250 e. The van der Waals surface area contributed by atoms with Gasteiger partial charge < -0.3 is 29.6 Å². The number of para-hydroxylation sites is 1. The monoisotopic (exact) mass is 531 g/mol. The van der Waals surface area contributed by atoms with Crippen molar-refractivity contribution in [3.05, 3.63) is 102 Å². The van der Waals surface area contributed by atoms with E-state index in [0.29, 0.717) is 27.9 Å². The molecule has 194 valence electrons. The van der Waals surface area contributed by atoms with Crippen LogP contribution in [0.25, 0.3) is 5.69 Å². The van der Waals surface area contributed by atoms with E-state index in [4.69, 9.17) is 21.7 Å². The third kappa shape index (κ3) is 4.83. The van der Waals surface area contributed by atoms with Crippen LogP contribution in [0.1, 0.15) is 23.5 Å². The molecule has 1 aliphatic heterocycles. The van der Waals surface area contributed by atoms with Gasteiger partial charge >= 0.3 is 0 Å². The van der Waals surface area contributed by atoms with E-state index in [9.17, 15) is 9.18 Å². The molecule has 2 aromatic heterocycles. The van der Waals surface area contributed by atoms with Crippen LogP contribution in [0.15, 0.2) is 85.2 Å². The number of carbonyl (C=O) groups excluding carboxylic acids is 1. The number of pyridine rings is 1. The Balaban J connectivity index is 1.64. The van der Waals surface area contributed by atoms with E-state index in [1.807, 2.05) is 52.1 Å². The van der Waals surface area contributed by atoms with Crippen molar-refractivity contribution in [2.45, 2.75) is 12.1 Å². The molecule has 5 rings (SSSR count). The van der Waals surface area contributed by atoms with Crippen LogP contribution in [0.3, 0.4) is 0 Å². The van der Waals surface area contributed by atoms with Gasteiger partial charge in [-0.15, -0.1) is 0 Å². The van der Waals surface area contributed by atoms with Gasteiger partial charge in [0.25, 0.3) is 0 Å². The molecule has 1 amide bonds. The number of thiocarbonyl (C=S) groups is 1. The van der Waals surface area contributed by atoms with Gasteiger partial charge in [-0.25, -0.2) is 4.39 Å². The third-order valence-corrected chi connectivity index (χ3v) is 6.62. The van der Waals surface area contributed by atoms with Crippen molar-refractivity contribution >= 4 is 34.6 Å². The first-order chi connectivity index (χ1) is 18.5. The number of anilines is 2. The number of methoxy groups -OCH3 is 2. The lowest BCUT2D eigenvalue weighted by atomic mass is 10.0. The molecule has 2 N–H and O–H groups in total. The molecule has 1 fully saturated rings. The van der Waals surface area contributed by atoms with E-state index in [-0.39, 0.29) is 24.4 Å². The SMILES string of the molecule is COCC(=O)Nc1cc(N2C(=S)N[C@@H](c3ccccn3)[C@H]2c2cccn2-c2ccccc2F)ccc1OC. The minimum atomic E-state index is -0.400. The lowest BCUT2D eigenvalue weighted by molar-refractivity contribution is -0.119. The van der Waals surface area contributed by atoms with Gasteiger partial charge in [0, 0.05) is 30.9 Å². The van der Waals surface area contributed by atoms with Gasteiger partial charge in [-0.1, -0.05) is 18.2 Å². The van der Waals surface area contributed by atoms with Crippen molar-refractivity contribution in [1.82, 2.24) is 14.9 Å². The van der Waals surface area contributed by atoms with Gasteiger partial charge in [0.15, 0.2) is 5.11 Å². The van der Waals surface area contributed by atoms with Crippen molar-refractivity contribution in [3.63, 3.8) is 0 Å². The van der Waals surface area contributed by atoms with Crippen LogP contribution < -0.4 is 20.3 Å². The zero-order valence-corrected chi connectivity index (χ0v) is 21.6. The summed E-state index contributed by atoms with van der Waals surface area (Å²) < 4.78 is 27.2. The number of ether oxygens (including phenoxy) is 2. The molecule has 0 unspecified atom stereocenters. The first-order valence-electron chi connectivity index (χ1n) is 11.9. The van der Waals surface area contributed by atoms with Gasteiger partial charge in [-0.05, 0) is 66.8 Å². The average molecular weight is 532 g/mol. The Labute approximate surface area is 225 Å². The highest BCUT2D eigenvalue weighted by Gasteiger charge is 2.42. The number of halogens is 1. The number of carbonyl (C=O) groups is 1. The van der Waals surface area contributed by atoms with E-state index in [0.717, 1.165) is 11.4 Å². The summed E-state index contributed by atoms with van der Waals surface area (Å²) in [6, 6.07) is 20.8. The largest absolute Gasteiger partial charge is 0.495 e. The average Bonchev–Trinajstić information content (AvgIpc) is 3.53. The minimum absolute atomic E-state index is 0.0996. The Bertz CT molecular complexity index is 1460. The summed E-state index contributed by atoms with van der Waals surface area (Å²) >= 11 is 5.84. The van der Waals surface area contributed by atoms with Crippen LogP contribution >= 0.6 is 12.2 Å². The lowest BCUT2D eigenvalue weighted by Crippen LogP contribution is -2.30. The molecule has 8 nitrogen and oxygen atoms in total. The van der Waals surface area contributed by atoms with Crippen LogP contribution in [0, 0.1) is 5.82 Å². The maximum absolute atomic E-state index is 14.9. The fourth-order valence-electron chi connectivity index (χ4n) is 4.70. The maximum atomic E-state index is 14.9. The molecular weight excluding hydrogens is 505 g/mol. The zero-order chi connectivity index (χ0) is 26.6. The smallest absolute Gasteiger partial charge is 0.250 e. The van der Waals surface area contributed by atoms with Gasteiger partial charge in [-0.2, -0.15) is 0 Å². The van der Waals surface area contributed by atoms with E-state index in [1.54, 1.807) is 36.5 Å². The number of rotatable bonds is 8. The highest BCUT2D eigenvalue weighted by Crippen LogP contribution is 2.44. The van der Waals surface area contributed by atoms with Gasteiger partial charge in [0.2, 0.25) is 5.91 Å². The molecule has 2 aromatic carbocycles. The van der Waals surface area contributed by atoms with E-state index >= 15 is 0 Å². The molecular formula is C28H26FN5O3S. The van der Waals surface area contributed by atoms with Crippen molar-refractivity contribution in [1.29, 1.82) is 0 Å². The van der Waals surface area contributed by atoms with Crippen molar-refractivity contribution in [2.75, 3.05) is 31.0 Å². The van der Waals surface area contributed by atoms with E-state index < -0.39 is 6.04 Å². The summed E-state index contributed by atoms with van der Waals surface area (Å²) in [7, 11) is 2.98. The highest BCUT2D eigenvalue weighted by molar-refractivity contribution is 7.80. The highest BCUT2D eigenvalue weighted by atomic mass is 32.1. The number of benzene rings is 2. The van der Waals surface area contributed by atoms with Crippen molar-refractivity contribution in [3.8, 4) is 11.4 Å². The molecule has 0 radical (unpaired) electrons. The van der Waals surface area contributed by atoms with Gasteiger partial charge in [0.05, 0.1) is 30.2 Å². The number of hydrogen-bond acceptors (Lipinski definition) is 5.